The molecule has 0 amide bonds. The van der Waals surface area contributed by atoms with Gasteiger partial charge in [-0.05, 0) is 39.2 Å². The number of hydrogen-bond acceptors (Lipinski definition) is 2. The average molecular weight is 302 g/mol. The quantitative estimate of drug-likeness (QED) is 0.273. The van der Waals surface area contributed by atoms with Crippen molar-refractivity contribution < 1.29 is 0 Å². The largest absolute Gasteiger partial charge is 0.309 e. The van der Waals surface area contributed by atoms with E-state index >= 15 is 0 Å². The molecule has 0 unspecified atom stereocenters. The first kappa shape index (κ1) is 20.3. The zero-order valence-corrected chi connectivity index (χ0v) is 15.1. The van der Waals surface area contributed by atoms with Crippen LogP contribution in [0, 0.1) is 0 Å². The molecule has 0 radical (unpaired) electrons. The predicted molar refractivity (Wildman–Crippen MR) is 97.0 cm³/mol. The van der Waals surface area contributed by atoms with Crippen LogP contribution in [0.25, 0.3) is 0 Å². The minimum Gasteiger partial charge on any atom is -0.309 e. The third-order valence-corrected chi connectivity index (χ3v) is 4.33. The number of hydrogen-bond donors (Lipinski definition) is 1. The van der Waals surface area contributed by atoms with Gasteiger partial charge in [0.25, 0.3) is 0 Å². The van der Waals surface area contributed by atoms with E-state index in [0.717, 1.165) is 5.75 Å². The van der Waals surface area contributed by atoms with Crippen molar-refractivity contribution in [2.75, 3.05) is 26.4 Å². The topological polar surface area (TPSA) is 3.24 Å². The van der Waals surface area contributed by atoms with Gasteiger partial charge in [0.05, 0.1) is 0 Å². The van der Waals surface area contributed by atoms with Crippen LogP contribution >= 0.6 is 12.6 Å². The lowest BCUT2D eigenvalue weighted by Crippen LogP contribution is -2.12. The van der Waals surface area contributed by atoms with E-state index in [2.05, 4.69) is 31.6 Å². The summed E-state index contributed by atoms with van der Waals surface area (Å²) in [6, 6.07) is 0. The van der Waals surface area contributed by atoms with E-state index in [1.165, 1.54) is 96.4 Å². The Hall–Kier alpha value is 0.310. The third-order valence-electron chi connectivity index (χ3n) is 4.01. The Morgan fingerprint density at radius 3 is 1.10 bits per heavy atom. The summed E-state index contributed by atoms with van der Waals surface area (Å²) in [6.07, 6.45) is 20.0. The van der Waals surface area contributed by atoms with Crippen LogP contribution in [0.3, 0.4) is 0 Å². The van der Waals surface area contributed by atoms with Crippen LogP contribution in [-0.2, 0) is 0 Å². The van der Waals surface area contributed by atoms with Gasteiger partial charge in [0.2, 0.25) is 0 Å². The second-order valence-corrected chi connectivity index (χ2v) is 6.92. The van der Waals surface area contributed by atoms with Crippen LogP contribution in [-0.4, -0.2) is 31.3 Å². The summed E-state index contributed by atoms with van der Waals surface area (Å²) in [5, 5.41) is 0. The Morgan fingerprint density at radius 2 is 0.800 bits per heavy atom. The van der Waals surface area contributed by atoms with E-state index in [1.54, 1.807) is 0 Å². The molecule has 0 fully saturated rings. The molecule has 0 aromatic rings. The van der Waals surface area contributed by atoms with Gasteiger partial charge in [-0.3, -0.25) is 0 Å². The van der Waals surface area contributed by atoms with Gasteiger partial charge in [-0.1, -0.05) is 77.0 Å². The highest BCUT2D eigenvalue weighted by Gasteiger charge is 1.94. The van der Waals surface area contributed by atoms with E-state index in [9.17, 15) is 0 Å². The smallest absolute Gasteiger partial charge is 0.00248 e. The standard InChI is InChI=1S/C18H39NS/c1-19(2)17-15-13-11-9-7-5-3-4-6-8-10-12-14-16-18-20/h20H,3-18H2,1-2H3. The Morgan fingerprint density at radius 1 is 0.500 bits per heavy atom. The van der Waals surface area contributed by atoms with Gasteiger partial charge >= 0.3 is 0 Å². The lowest BCUT2D eigenvalue weighted by atomic mass is 10.0. The Labute approximate surface area is 134 Å². The molecule has 0 heterocycles. The van der Waals surface area contributed by atoms with Gasteiger partial charge in [0.1, 0.15) is 0 Å². The normalized spacial score (nSPS) is 11.4. The summed E-state index contributed by atoms with van der Waals surface area (Å²) >= 11 is 4.25. The molecule has 0 saturated heterocycles. The molecule has 0 N–H and O–H groups in total. The van der Waals surface area contributed by atoms with Crippen LogP contribution in [0.5, 0.6) is 0 Å². The van der Waals surface area contributed by atoms with Crippen molar-refractivity contribution in [3.05, 3.63) is 0 Å². The van der Waals surface area contributed by atoms with Gasteiger partial charge in [-0.15, -0.1) is 0 Å². The first-order valence-electron chi connectivity index (χ1n) is 9.03. The highest BCUT2D eigenvalue weighted by atomic mass is 32.1. The van der Waals surface area contributed by atoms with E-state index < -0.39 is 0 Å². The number of nitrogens with zero attached hydrogens (tertiary/aromatic N) is 1. The second-order valence-electron chi connectivity index (χ2n) is 6.48. The lowest BCUT2D eigenvalue weighted by molar-refractivity contribution is 0.389. The molecule has 0 aliphatic heterocycles. The van der Waals surface area contributed by atoms with Crippen LogP contribution in [0.15, 0.2) is 0 Å². The zero-order chi connectivity index (χ0) is 14.9. The highest BCUT2D eigenvalue weighted by molar-refractivity contribution is 7.80. The summed E-state index contributed by atoms with van der Waals surface area (Å²) in [6.45, 7) is 1.26. The SMILES string of the molecule is CN(C)CCCCCCCCCCCCCCCCS. The van der Waals surface area contributed by atoms with Crippen molar-refractivity contribution in [1.82, 2.24) is 4.90 Å². The predicted octanol–water partition coefficient (Wildman–Crippen LogP) is 5.94. The van der Waals surface area contributed by atoms with Crippen molar-refractivity contribution in [2.24, 2.45) is 0 Å². The number of rotatable bonds is 16. The maximum Gasteiger partial charge on any atom is -0.00248 e. The van der Waals surface area contributed by atoms with E-state index in [-0.39, 0.29) is 0 Å². The first-order chi connectivity index (χ1) is 9.77. The summed E-state index contributed by atoms with van der Waals surface area (Å²) in [4.78, 5) is 2.29. The molecule has 0 rings (SSSR count). The van der Waals surface area contributed by atoms with E-state index in [0.29, 0.717) is 0 Å². The third kappa shape index (κ3) is 18.3. The van der Waals surface area contributed by atoms with E-state index in [4.69, 9.17) is 0 Å². The molecular weight excluding hydrogens is 262 g/mol. The maximum absolute atomic E-state index is 4.25. The summed E-state index contributed by atoms with van der Waals surface area (Å²) in [7, 11) is 4.33. The van der Waals surface area contributed by atoms with Gasteiger partial charge in [-0.25, -0.2) is 0 Å². The van der Waals surface area contributed by atoms with Crippen LogP contribution in [0.4, 0.5) is 0 Å². The summed E-state index contributed by atoms with van der Waals surface area (Å²) in [5.41, 5.74) is 0. The fraction of sp³-hybridized carbons (Fsp3) is 1.00. The molecule has 0 bridgehead atoms. The molecular formula is C18H39NS. The molecule has 0 saturated carbocycles. The average Bonchev–Trinajstić information content (AvgIpc) is 2.43. The molecule has 0 aliphatic rings. The minimum atomic E-state index is 1.06. The molecule has 20 heavy (non-hydrogen) atoms. The lowest BCUT2D eigenvalue weighted by Gasteiger charge is -2.08. The van der Waals surface area contributed by atoms with Gasteiger partial charge in [-0.2, -0.15) is 12.6 Å². The highest BCUT2D eigenvalue weighted by Crippen LogP contribution is 2.13. The van der Waals surface area contributed by atoms with Gasteiger partial charge in [0.15, 0.2) is 0 Å². The van der Waals surface area contributed by atoms with Crippen molar-refractivity contribution in [2.45, 2.75) is 89.9 Å². The minimum absolute atomic E-state index is 1.06. The van der Waals surface area contributed by atoms with Gasteiger partial charge < -0.3 is 4.90 Å². The van der Waals surface area contributed by atoms with E-state index in [1.807, 2.05) is 0 Å². The van der Waals surface area contributed by atoms with Crippen molar-refractivity contribution in [1.29, 1.82) is 0 Å². The maximum atomic E-state index is 4.25. The molecule has 1 nitrogen and oxygen atoms in total. The fourth-order valence-electron chi connectivity index (χ4n) is 2.66. The Bertz CT molecular complexity index is 171. The summed E-state index contributed by atoms with van der Waals surface area (Å²) < 4.78 is 0. The van der Waals surface area contributed by atoms with Crippen LogP contribution < -0.4 is 0 Å². The Balaban J connectivity index is 2.92. The fourth-order valence-corrected chi connectivity index (χ4v) is 2.88. The first-order valence-corrected chi connectivity index (χ1v) is 9.66. The van der Waals surface area contributed by atoms with Crippen LogP contribution in [0.2, 0.25) is 0 Å². The monoisotopic (exact) mass is 301 g/mol. The second kappa shape index (κ2) is 17.4. The zero-order valence-electron chi connectivity index (χ0n) is 14.2. The van der Waals surface area contributed by atoms with Crippen molar-refractivity contribution >= 4 is 12.6 Å². The molecule has 0 atom stereocenters. The molecule has 2 heteroatoms. The molecule has 0 aliphatic carbocycles. The van der Waals surface area contributed by atoms with Crippen molar-refractivity contribution in [3.63, 3.8) is 0 Å². The Kier molecular flexibility index (Phi) is 17.6. The summed E-state index contributed by atoms with van der Waals surface area (Å²) in [5.74, 6) is 1.06. The van der Waals surface area contributed by atoms with Gasteiger partial charge in [0, 0.05) is 0 Å². The number of thiol groups is 1. The van der Waals surface area contributed by atoms with Crippen LogP contribution in [0.1, 0.15) is 89.9 Å². The molecule has 122 valence electrons. The van der Waals surface area contributed by atoms with Crippen molar-refractivity contribution in [3.8, 4) is 0 Å². The molecule has 0 spiro atoms. The number of unbranched alkanes of at least 4 members (excludes halogenated alkanes) is 13. The molecule has 0 aromatic heterocycles. The molecule has 0 aromatic carbocycles.